The first-order valence-corrected chi connectivity index (χ1v) is 8.03. The number of rotatable bonds is 13. The minimum atomic E-state index is -0.533. The average molecular weight is 332 g/mol. The molecule has 23 heavy (non-hydrogen) atoms. The molecule has 0 amide bonds. The summed E-state index contributed by atoms with van der Waals surface area (Å²) in [5.74, 6) is -0.931. The molecular weight excluding hydrogens is 304 g/mol. The van der Waals surface area contributed by atoms with Gasteiger partial charge in [0.25, 0.3) is 0 Å². The Kier molecular flexibility index (Phi) is 13.0. The van der Waals surface area contributed by atoms with Gasteiger partial charge in [-0.1, -0.05) is 13.8 Å². The monoisotopic (exact) mass is 332 g/mol. The van der Waals surface area contributed by atoms with Gasteiger partial charge in [-0.05, 0) is 19.3 Å². The second-order valence-corrected chi connectivity index (χ2v) is 5.04. The van der Waals surface area contributed by atoms with E-state index >= 15 is 0 Å². The van der Waals surface area contributed by atoms with Crippen LogP contribution >= 0.6 is 0 Å². The zero-order valence-electron chi connectivity index (χ0n) is 14.3. The van der Waals surface area contributed by atoms with Crippen molar-refractivity contribution >= 4 is 17.9 Å². The molecule has 0 heterocycles. The van der Waals surface area contributed by atoms with Crippen LogP contribution in [0.25, 0.3) is 0 Å². The summed E-state index contributed by atoms with van der Waals surface area (Å²) < 4.78 is 20.2. The second kappa shape index (κ2) is 14.0. The topological polar surface area (TPSA) is 88.1 Å². The lowest BCUT2D eigenvalue weighted by atomic mass is 10.3. The summed E-state index contributed by atoms with van der Waals surface area (Å²) in [6.07, 6.45) is 2.28. The van der Waals surface area contributed by atoms with Crippen LogP contribution in [0, 0.1) is 0 Å². The zero-order valence-corrected chi connectivity index (χ0v) is 14.3. The van der Waals surface area contributed by atoms with Gasteiger partial charge in [0.15, 0.2) is 0 Å². The first-order chi connectivity index (χ1) is 11.0. The molecule has 0 N–H and O–H groups in total. The van der Waals surface area contributed by atoms with Gasteiger partial charge in [0.05, 0.1) is 7.11 Å². The van der Waals surface area contributed by atoms with Gasteiger partial charge in [-0.2, -0.15) is 0 Å². The molecule has 0 aliphatic rings. The lowest BCUT2D eigenvalue weighted by molar-refractivity contribution is -0.155. The molecule has 0 atom stereocenters. The molecule has 0 aliphatic heterocycles. The molecule has 0 aromatic rings. The van der Waals surface area contributed by atoms with Crippen molar-refractivity contribution in [1.82, 2.24) is 0 Å². The fourth-order valence-electron chi connectivity index (χ4n) is 1.64. The van der Waals surface area contributed by atoms with E-state index < -0.39 is 6.10 Å². The Hall–Kier alpha value is -1.63. The van der Waals surface area contributed by atoms with Gasteiger partial charge >= 0.3 is 17.9 Å². The Balaban J connectivity index is 4.17. The van der Waals surface area contributed by atoms with Crippen LogP contribution in [-0.2, 0) is 33.3 Å². The Morgan fingerprint density at radius 3 is 1.78 bits per heavy atom. The van der Waals surface area contributed by atoms with E-state index in [1.807, 2.05) is 13.8 Å². The number of hydrogen-bond acceptors (Lipinski definition) is 7. The number of carbonyl (C=O) groups is 3. The summed E-state index contributed by atoms with van der Waals surface area (Å²) in [7, 11) is 1.33. The minimum absolute atomic E-state index is 0.0243. The van der Waals surface area contributed by atoms with Crippen LogP contribution in [0.4, 0.5) is 0 Å². The molecule has 0 aromatic heterocycles. The molecule has 7 heteroatoms. The Bertz CT molecular complexity index is 332. The molecule has 0 spiro atoms. The van der Waals surface area contributed by atoms with Gasteiger partial charge in [0.1, 0.15) is 19.3 Å². The summed E-state index contributed by atoms with van der Waals surface area (Å²) in [5, 5.41) is 0. The van der Waals surface area contributed by atoms with E-state index in [4.69, 9.17) is 14.2 Å². The van der Waals surface area contributed by atoms with Crippen molar-refractivity contribution in [3.8, 4) is 0 Å². The fraction of sp³-hybridized carbons (Fsp3) is 0.812. The highest BCUT2D eigenvalue weighted by Gasteiger charge is 2.15. The van der Waals surface area contributed by atoms with Crippen LogP contribution in [0.2, 0.25) is 0 Å². The maximum Gasteiger partial charge on any atom is 0.305 e. The van der Waals surface area contributed by atoms with E-state index in [0.717, 1.165) is 0 Å². The second-order valence-electron chi connectivity index (χ2n) is 5.04. The molecule has 0 saturated carbocycles. The first-order valence-electron chi connectivity index (χ1n) is 8.03. The van der Waals surface area contributed by atoms with Crippen LogP contribution in [0.3, 0.4) is 0 Å². The lowest BCUT2D eigenvalue weighted by Crippen LogP contribution is -2.29. The zero-order chi connectivity index (χ0) is 17.5. The van der Waals surface area contributed by atoms with Crippen molar-refractivity contribution in [1.29, 1.82) is 0 Å². The van der Waals surface area contributed by atoms with E-state index in [9.17, 15) is 14.4 Å². The third-order valence-corrected chi connectivity index (χ3v) is 2.88. The van der Waals surface area contributed by atoms with E-state index in [0.29, 0.717) is 32.1 Å². The lowest BCUT2D eigenvalue weighted by Gasteiger charge is -2.18. The summed E-state index contributed by atoms with van der Waals surface area (Å²) in [6.45, 7) is 4.10. The smallest absolute Gasteiger partial charge is 0.305 e. The maximum absolute atomic E-state index is 11.4. The molecule has 134 valence electrons. The third kappa shape index (κ3) is 12.6. The quantitative estimate of drug-likeness (QED) is 0.289. The maximum atomic E-state index is 11.4. The van der Waals surface area contributed by atoms with Crippen molar-refractivity contribution in [3.63, 3.8) is 0 Å². The van der Waals surface area contributed by atoms with Gasteiger partial charge in [0.2, 0.25) is 0 Å². The number of hydrogen-bond donors (Lipinski definition) is 0. The first kappa shape index (κ1) is 21.4. The summed E-state index contributed by atoms with van der Waals surface area (Å²) >= 11 is 0. The van der Waals surface area contributed by atoms with E-state index in [2.05, 4.69) is 4.74 Å². The van der Waals surface area contributed by atoms with Crippen LogP contribution < -0.4 is 0 Å². The van der Waals surface area contributed by atoms with Crippen LogP contribution in [-0.4, -0.2) is 50.9 Å². The van der Waals surface area contributed by atoms with Crippen molar-refractivity contribution < 1.29 is 33.3 Å². The standard InChI is InChI=1S/C16H28O7/c1-4-7-15(18)22-11-13(12-23-16(19)8-5-2)21-10-6-9-14(17)20-3/h13H,4-12H2,1-3H3. The minimum Gasteiger partial charge on any atom is -0.469 e. The van der Waals surface area contributed by atoms with E-state index in [1.54, 1.807) is 0 Å². The van der Waals surface area contributed by atoms with Crippen molar-refractivity contribution in [2.45, 2.75) is 58.5 Å². The molecule has 0 unspecified atom stereocenters. The normalized spacial score (nSPS) is 10.4. The third-order valence-electron chi connectivity index (χ3n) is 2.88. The van der Waals surface area contributed by atoms with Crippen molar-refractivity contribution in [2.24, 2.45) is 0 Å². The largest absolute Gasteiger partial charge is 0.469 e. The predicted molar refractivity (Wildman–Crippen MR) is 82.7 cm³/mol. The van der Waals surface area contributed by atoms with Crippen LogP contribution in [0.15, 0.2) is 0 Å². The highest BCUT2D eigenvalue weighted by molar-refractivity contribution is 5.70. The van der Waals surface area contributed by atoms with Crippen molar-refractivity contribution in [2.75, 3.05) is 26.9 Å². The molecule has 0 fully saturated rings. The van der Waals surface area contributed by atoms with Gasteiger partial charge in [-0.15, -0.1) is 0 Å². The van der Waals surface area contributed by atoms with Gasteiger partial charge in [-0.25, -0.2) is 0 Å². The molecule has 0 rings (SSSR count). The van der Waals surface area contributed by atoms with Crippen LogP contribution in [0.1, 0.15) is 52.4 Å². The van der Waals surface area contributed by atoms with E-state index in [-0.39, 0.29) is 44.1 Å². The SMILES string of the molecule is CCCC(=O)OCC(COC(=O)CCC)OCCCC(=O)OC. The predicted octanol–water partition coefficient (Wildman–Crippen LogP) is 2.01. The summed E-state index contributed by atoms with van der Waals surface area (Å²) in [4.78, 5) is 33.8. The molecule has 0 saturated heterocycles. The molecule has 0 aliphatic carbocycles. The highest BCUT2D eigenvalue weighted by atomic mass is 16.6. The summed E-state index contributed by atoms with van der Waals surface area (Å²) in [6, 6.07) is 0. The Labute approximate surface area is 137 Å². The molecule has 0 bridgehead atoms. The fourth-order valence-corrected chi connectivity index (χ4v) is 1.64. The van der Waals surface area contributed by atoms with E-state index in [1.165, 1.54) is 7.11 Å². The number of methoxy groups -OCH3 is 1. The van der Waals surface area contributed by atoms with Gasteiger partial charge in [-0.3, -0.25) is 14.4 Å². The molecule has 0 radical (unpaired) electrons. The Morgan fingerprint density at radius 1 is 0.826 bits per heavy atom. The van der Waals surface area contributed by atoms with Gasteiger partial charge < -0.3 is 18.9 Å². The Morgan fingerprint density at radius 2 is 1.35 bits per heavy atom. The number of ether oxygens (including phenoxy) is 4. The molecular formula is C16H28O7. The molecule has 7 nitrogen and oxygen atoms in total. The number of carbonyl (C=O) groups excluding carboxylic acids is 3. The van der Waals surface area contributed by atoms with Crippen molar-refractivity contribution in [3.05, 3.63) is 0 Å². The summed E-state index contributed by atoms with van der Waals surface area (Å²) in [5.41, 5.74) is 0. The molecule has 0 aromatic carbocycles. The highest BCUT2D eigenvalue weighted by Crippen LogP contribution is 2.03. The van der Waals surface area contributed by atoms with Crippen LogP contribution in [0.5, 0.6) is 0 Å². The number of esters is 3. The van der Waals surface area contributed by atoms with Gasteiger partial charge in [0, 0.05) is 25.9 Å². The average Bonchev–Trinajstić information content (AvgIpc) is 2.53.